The molecule has 114 valence electrons. The highest BCUT2D eigenvalue weighted by Gasteiger charge is 2.24. The van der Waals surface area contributed by atoms with Crippen LogP contribution in [0.25, 0.3) is 0 Å². The second-order valence-corrected chi connectivity index (χ2v) is 5.80. The Morgan fingerprint density at radius 1 is 1.43 bits per heavy atom. The Labute approximate surface area is 126 Å². The fourth-order valence-electron chi connectivity index (χ4n) is 2.87. The lowest BCUT2D eigenvalue weighted by Crippen LogP contribution is -2.37. The normalized spacial score (nSPS) is 18.8. The Kier molecular flexibility index (Phi) is 5.75. The standard InChI is InChI=1S/C17H23FN2O/c1-19(2)13-16-6-3-9-20(16)12-14-7-8-17(18)15(11-14)5-4-10-21/h7-8,11,16,21H,3,6,9-10,12-13H2,1-2H3. The van der Waals surface area contributed by atoms with E-state index in [1.807, 2.05) is 6.07 Å². The van der Waals surface area contributed by atoms with Crippen molar-refractivity contribution in [2.24, 2.45) is 0 Å². The molecular weight excluding hydrogens is 267 g/mol. The van der Waals surface area contributed by atoms with Gasteiger partial charge in [0.15, 0.2) is 0 Å². The van der Waals surface area contributed by atoms with Crippen LogP contribution < -0.4 is 0 Å². The van der Waals surface area contributed by atoms with Gasteiger partial charge in [0.05, 0.1) is 5.56 Å². The van der Waals surface area contributed by atoms with Crippen molar-refractivity contribution in [3.63, 3.8) is 0 Å². The molecule has 1 N–H and O–H groups in total. The number of hydrogen-bond acceptors (Lipinski definition) is 3. The molecule has 1 fully saturated rings. The molecule has 0 aliphatic carbocycles. The second kappa shape index (κ2) is 7.56. The van der Waals surface area contributed by atoms with Gasteiger partial charge in [0, 0.05) is 19.1 Å². The highest BCUT2D eigenvalue weighted by molar-refractivity contribution is 5.38. The van der Waals surface area contributed by atoms with Crippen molar-refractivity contribution in [3.05, 3.63) is 35.1 Å². The van der Waals surface area contributed by atoms with Gasteiger partial charge >= 0.3 is 0 Å². The highest BCUT2D eigenvalue weighted by atomic mass is 19.1. The molecule has 0 saturated carbocycles. The average Bonchev–Trinajstić information content (AvgIpc) is 2.86. The molecule has 1 unspecified atom stereocenters. The maximum absolute atomic E-state index is 13.7. The molecular formula is C17H23FN2O. The summed E-state index contributed by atoms with van der Waals surface area (Å²) in [7, 11) is 4.19. The Morgan fingerprint density at radius 2 is 2.24 bits per heavy atom. The molecule has 1 saturated heterocycles. The summed E-state index contributed by atoms with van der Waals surface area (Å²) in [5, 5.41) is 8.73. The minimum absolute atomic E-state index is 0.249. The van der Waals surface area contributed by atoms with Crippen LogP contribution in [0.4, 0.5) is 4.39 Å². The van der Waals surface area contributed by atoms with Crippen LogP contribution in [0.1, 0.15) is 24.0 Å². The van der Waals surface area contributed by atoms with E-state index in [9.17, 15) is 4.39 Å². The molecule has 1 aliphatic rings. The zero-order chi connectivity index (χ0) is 15.2. The van der Waals surface area contributed by atoms with Gasteiger partial charge in [0.1, 0.15) is 12.4 Å². The van der Waals surface area contributed by atoms with Crippen LogP contribution in [-0.2, 0) is 6.54 Å². The van der Waals surface area contributed by atoms with Crippen molar-refractivity contribution in [1.82, 2.24) is 9.80 Å². The largest absolute Gasteiger partial charge is 0.384 e. The van der Waals surface area contributed by atoms with Crippen molar-refractivity contribution in [2.45, 2.75) is 25.4 Å². The minimum atomic E-state index is -0.328. The topological polar surface area (TPSA) is 26.7 Å². The Hall–Kier alpha value is -1.41. The van der Waals surface area contributed by atoms with Gasteiger partial charge < -0.3 is 10.0 Å². The average molecular weight is 290 g/mol. The third-order valence-corrected chi connectivity index (χ3v) is 3.79. The van der Waals surface area contributed by atoms with Crippen LogP contribution in [0.2, 0.25) is 0 Å². The molecule has 0 amide bonds. The number of aliphatic hydroxyl groups excluding tert-OH is 1. The SMILES string of the molecule is CN(C)CC1CCCN1Cc1ccc(F)c(C#CCO)c1. The number of hydrogen-bond donors (Lipinski definition) is 1. The Balaban J connectivity index is 2.08. The maximum atomic E-state index is 13.7. The van der Waals surface area contributed by atoms with Crippen molar-refractivity contribution in [2.75, 3.05) is 33.8 Å². The number of benzene rings is 1. The van der Waals surface area contributed by atoms with Crippen LogP contribution >= 0.6 is 0 Å². The van der Waals surface area contributed by atoms with Gasteiger partial charge in [0.25, 0.3) is 0 Å². The lowest BCUT2D eigenvalue weighted by atomic mass is 10.1. The van der Waals surface area contributed by atoms with Crippen LogP contribution in [-0.4, -0.2) is 54.7 Å². The summed E-state index contributed by atoms with van der Waals surface area (Å²) >= 11 is 0. The van der Waals surface area contributed by atoms with Gasteiger partial charge in [-0.2, -0.15) is 0 Å². The van der Waals surface area contributed by atoms with E-state index in [-0.39, 0.29) is 12.4 Å². The van der Waals surface area contributed by atoms with E-state index in [1.165, 1.54) is 18.9 Å². The van der Waals surface area contributed by atoms with Gasteiger partial charge in [-0.05, 0) is 51.2 Å². The predicted molar refractivity (Wildman–Crippen MR) is 82.3 cm³/mol. The summed E-state index contributed by atoms with van der Waals surface area (Å²) in [5.74, 6) is 4.85. The monoisotopic (exact) mass is 290 g/mol. The van der Waals surface area contributed by atoms with E-state index in [2.05, 4.69) is 35.7 Å². The lowest BCUT2D eigenvalue weighted by molar-refractivity contribution is 0.201. The number of aliphatic hydroxyl groups is 1. The molecule has 2 rings (SSSR count). The van der Waals surface area contributed by atoms with Crippen LogP contribution in [0, 0.1) is 17.7 Å². The molecule has 0 spiro atoms. The molecule has 0 radical (unpaired) electrons. The van der Waals surface area contributed by atoms with Crippen molar-refractivity contribution in [3.8, 4) is 11.8 Å². The predicted octanol–water partition coefficient (Wildman–Crippen LogP) is 1.70. The van der Waals surface area contributed by atoms with E-state index < -0.39 is 0 Å². The number of likely N-dealkylation sites (tertiary alicyclic amines) is 1. The first-order valence-electron chi connectivity index (χ1n) is 7.37. The molecule has 21 heavy (non-hydrogen) atoms. The van der Waals surface area contributed by atoms with Crippen molar-refractivity contribution >= 4 is 0 Å². The zero-order valence-electron chi connectivity index (χ0n) is 12.8. The van der Waals surface area contributed by atoms with Gasteiger partial charge in [-0.25, -0.2) is 4.39 Å². The van der Waals surface area contributed by atoms with Gasteiger partial charge in [-0.1, -0.05) is 17.9 Å². The first-order valence-corrected chi connectivity index (χ1v) is 7.37. The smallest absolute Gasteiger partial charge is 0.138 e. The summed E-state index contributed by atoms with van der Waals surface area (Å²) in [5.41, 5.74) is 1.44. The third kappa shape index (κ3) is 4.53. The minimum Gasteiger partial charge on any atom is -0.384 e. The summed E-state index contributed by atoms with van der Waals surface area (Å²) < 4.78 is 13.7. The van der Waals surface area contributed by atoms with Crippen LogP contribution in [0.3, 0.4) is 0 Å². The molecule has 0 bridgehead atoms. The van der Waals surface area contributed by atoms with Crippen molar-refractivity contribution in [1.29, 1.82) is 0 Å². The molecule has 0 aromatic heterocycles. The number of nitrogens with zero attached hydrogens (tertiary/aromatic N) is 2. The molecule has 1 atom stereocenters. The summed E-state index contributed by atoms with van der Waals surface area (Å²) in [6, 6.07) is 5.65. The molecule has 1 aromatic carbocycles. The van der Waals surface area contributed by atoms with E-state index in [0.717, 1.165) is 25.2 Å². The second-order valence-electron chi connectivity index (χ2n) is 5.80. The van der Waals surface area contributed by atoms with Crippen molar-refractivity contribution < 1.29 is 9.50 Å². The fourth-order valence-corrected chi connectivity index (χ4v) is 2.87. The van der Waals surface area contributed by atoms with E-state index in [4.69, 9.17) is 5.11 Å². The van der Waals surface area contributed by atoms with E-state index in [1.54, 1.807) is 6.07 Å². The molecule has 3 nitrogen and oxygen atoms in total. The first-order chi connectivity index (χ1) is 10.1. The number of rotatable bonds is 4. The first kappa shape index (κ1) is 16.0. The van der Waals surface area contributed by atoms with Crippen LogP contribution in [0.5, 0.6) is 0 Å². The van der Waals surface area contributed by atoms with Gasteiger partial charge in [-0.3, -0.25) is 4.90 Å². The molecule has 1 aliphatic heterocycles. The molecule has 1 aromatic rings. The maximum Gasteiger partial charge on any atom is 0.138 e. The summed E-state index contributed by atoms with van der Waals surface area (Å²) in [6.07, 6.45) is 2.44. The van der Waals surface area contributed by atoms with Crippen LogP contribution in [0.15, 0.2) is 18.2 Å². The molecule has 4 heteroatoms. The Morgan fingerprint density at radius 3 is 2.95 bits per heavy atom. The van der Waals surface area contributed by atoms with Gasteiger partial charge in [0.2, 0.25) is 0 Å². The fraction of sp³-hybridized carbons (Fsp3) is 0.529. The summed E-state index contributed by atoms with van der Waals surface area (Å²) in [6.45, 7) is 2.72. The highest BCUT2D eigenvalue weighted by Crippen LogP contribution is 2.21. The third-order valence-electron chi connectivity index (χ3n) is 3.79. The quantitative estimate of drug-likeness (QED) is 0.855. The Bertz CT molecular complexity index is 533. The zero-order valence-corrected chi connectivity index (χ0v) is 12.8. The molecule has 1 heterocycles. The summed E-state index contributed by atoms with van der Waals surface area (Å²) in [4.78, 5) is 4.67. The number of likely N-dealkylation sites (N-methyl/N-ethyl adjacent to an activating group) is 1. The van der Waals surface area contributed by atoms with E-state index >= 15 is 0 Å². The number of halogens is 1. The van der Waals surface area contributed by atoms with E-state index in [0.29, 0.717) is 11.6 Å². The lowest BCUT2D eigenvalue weighted by Gasteiger charge is -2.27. The van der Waals surface area contributed by atoms with Gasteiger partial charge in [-0.15, -0.1) is 0 Å².